The molecule has 2 fully saturated rings. The highest BCUT2D eigenvalue weighted by Gasteiger charge is 2.26. The van der Waals surface area contributed by atoms with Crippen LogP contribution in [-0.4, -0.2) is 35.5 Å². The van der Waals surface area contributed by atoms with E-state index in [-0.39, 0.29) is 5.91 Å². The van der Waals surface area contributed by atoms with Crippen LogP contribution in [0.25, 0.3) is 0 Å². The molecule has 0 spiro atoms. The molecule has 3 unspecified atom stereocenters. The lowest BCUT2D eigenvalue weighted by Gasteiger charge is -2.19. The number of carbonyl (C=O) groups is 1. The Morgan fingerprint density at radius 1 is 1.57 bits per heavy atom. The summed E-state index contributed by atoms with van der Waals surface area (Å²) in [4.78, 5) is 11.0. The van der Waals surface area contributed by atoms with Gasteiger partial charge >= 0.3 is 0 Å². The van der Waals surface area contributed by atoms with E-state index < -0.39 is 0 Å². The van der Waals surface area contributed by atoms with E-state index in [0.717, 1.165) is 18.2 Å². The molecule has 2 rings (SSSR count). The van der Waals surface area contributed by atoms with Gasteiger partial charge in [0.15, 0.2) is 0 Å². The van der Waals surface area contributed by atoms with Crippen LogP contribution >= 0.6 is 11.8 Å². The highest BCUT2D eigenvalue weighted by Crippen LogP contribution is 2.26. The Hall–Kier alpha value is -0.220. The minimum absolute atomic E-state index is 0.214. The topological polar surface area (TPSA) is 41.1 Å². The third-order valence-electron chi connectivity index (χ3n) is 3.09. The normalized spacial score (nSPS) is 37.5. The lowest BCUT2D eigenvalue weighted by atomic mass is 10.1. The van der Waals surface area contributed by atoms with Gasteiger partial charge in [-0.25, -0.2) is 0 Å². The van der Waals surface area contributed by atoms with Crippen molar-refractivity contribution < 1.29 is 4.79 Å². The molecule has 14 heavy (non-hydrogen) atoms. The molecule has 4 heteroatoms. The molecule has 2 saturated heterocycles. The summed E-state index contributed by atoms with van der Waals surface area (Å²) < 4.78 is 0. The van der Waals surface area contributed by atoms with Gasteiger partial charge in [-0.1, -0.05) is 6.92 Å². The van der Waals surface area contributed by atoms with Crippen molar-refractivity contribution in [3.8, 4) is 0 Å². The standard InChI is InChI=1S/C10H18N2OS/c1-7-9(4-5-14-7)11-6-8-2-3-10(13)12-8/h7-9,11H,2-6H2,1H3,(H,12,13). The zero-order chi connectivity index (χ0) is 9.97. The molecule has 80 valence electrons. The molecule has 2 aliphatic heterocycles. The molecule has 2 heterocycles. The van der Waals surface area contributed by atoms with E-state index in [1.807, 2.05) is 11.8 Å². The first-order chi connectivity index (χ1) is 6.75. The number of amides is 1. The van der Waals surface area contributed by atoms with Crippen molar-refractivity contribution in [2.75, 3.05) is 12.3 Å². The predicted octanol–water partition coefficient (Wildman–Crippen LogP) is 0.749. The summed E-state index contributed by atoms with van der Waals surface area (Å²) in [6, 6.07) is 1.03. The second-order valence-corrected chi connectivity index (χ2v) is 5.67. The maximum Gasteiger partial charge on any atom is 0.220 e. The minimum Gasteiger partial charge on any atom is -0.352 e. The van der Waals surface area contributed by atoms with E-state index >= 15 is 0 Å². The molecule has 3 nitrogen and oxygen atoms in total. The summed E-state index contributed by atoms with van der Waals surface area (Å²) in [6.07, 6.45) is 2.98. The molecule has 0 bridgehead atoms. The molecule has 2 N–H and O–H groups in total. The predicted molar refractivity (Wildman–Crippen MR) is 59.5 cm³/mol. The maximum absolute atomic E-state index is 11.0. The minimum atomic E-state index is 0.214. The molecule has 2 aliphatic rings. The van der Waals surface area contributed by atoms with Crippen LogP contribution in [0.15, 0.2) is 0 Å². The third kappa shape index (κ3) is 2.42. The monoisotopic (exact) mass is 214 g/mol. The number of hydrogen-bond acceptors (Lipinski definition) is 3. The smallest absolute Gasteiger partial charge is 0.220 e. The SMILES string of the molecule is CC1SCCC1NCC1CCC(=O)N1. The van der Waals surface area contributed by atoms with E-state index in [0.29, 0.717) is 18.5 Å². The summed E-state index contributed by atoms with van der Waals surface area (Å²) >= 11 is 2.04. The van der Waals surface area contributed by atoms with Crippen LogP contribution < -0.4 is 10.6 Å². The van der Waals surface area contributed by atoms with E-state index in [2.05, 4.69) is 17.6 Å². The molecule has 0 radical (unpaired) electrons. The van der Waals surface area contributed by atoms with E-state index in [1.54, 1.807) is 0 Å². The van der Waals surface area contributed by atoms with Gasteiger partial charge in [0.05, 0.1) is 0 Å². The van der Waals surface area contributed by atoms with Crippen molar-refractivity contribution in [2.24, 2.45) is 0 Å². The average Bonchev–Trinajstić information content (AvgIpc) is 2.72. The van der Waals surface area contributed by atoms with E-state index in [4.69, 9.17) is 0 Å². The first-order valence-corrected chi connectivity index (χ1v) is 6.45. The van der Waals surface area contributed by atoms with Gasteiger partial charge in [-0.3, -0.25) is 4.79 Å². The van der Waals surface area contributed by atoms with Crippen LogP contribution in [0.2, 0.25) is 0 Å². The molecule has 1 amide bonds. The molecule has 0 aromatic heterocycles. The van der Waals surface area contributed by atoms with Crippen LogP contribution in [0.3, 0.4) is 0 Å². The van der Waals surface area contributed by atoms with Gasteiger partial charge in [-0.15, -0.1) is 0 Å². The molecule has 0 aromatic carbocycles. The van der Waals surface area contributed by atoms with Crippen molar-refractivity contribution in [2.45, 2.75) is 43.5 Å². The fourth-order valence-corrected chi connectivity index (χ4v) is 3.35. The van der Waals surface area contributed by atoms with E-state index in [1.165, 1.54) is 12.2 Å². The number of nitrogens with one attached hydrogen (secondary N) is 2. The van der Waals surface area contributed by atoms with Crippen LogP contribution in [-0.2, 0) is 4.79 Å². The Morgan fingerprint density at radius 2 is 2.43 bits per heavy atom. The lowest BCUT2D eigenvalue weighted by Crippen LogP contribution is -2.42. The molecular weight excluding hydrogens is 196 g/mol. The maximum atomic E-state index is 11.0. The van der Waals surface area contributed by atoms with E-state index in [9.17, 15) is 4.79 Å². The Balaban J connectivity index is 1.69. The van der Waals surface area contributed by atoms with Gasteiger partial charge in [-0.05, 0) is 18.6 Å². The first-order valence-electron chi connectivity index (χ1n) is 5.40. The number of hydrogen-bond donors (Lipinski definition) is 2. The first kappa shape index (κ1) is 10.3. The summed E-state index contributed by atoms with van der Waals surface area (Å²) in [5, 5.41) is 7.27. The lowest BCUT2D eigenvalue weighted by molar-refractivity contribution is -0.119. The number of thioether (sulfide) groups is 1. The largest absolute Gasteiger partial charge is 0.352 e. The number of carbonyl (C=O) groups excluding carboxylic acids is 1. The van der Waals surface area contributed by atoms with Crippen molar-refractivity contribution in [1.82, 2.24) is 10.6 Å². The molecule has 0 aliphatic carbocycles. The number of rotatable bonds is 3. The Morgan fingerprint density at radius 3 is 3.00 bits per heavy atom. The second-order valence-electron chi connectivity index (χ2n) is 4.18. The molecule has 0 aromatic rings. The molecule has 3 atom stereocenters. The highest BCUT2D eigenvalue weighted by atomic mass is 32.2. The van der Waals surface area contributed by atoms with Gasteiger partial charge in [0.1, 0.15) is 0 Å². The fourth-order valence-electron chi connectivity index (χ4n) is 2.12. The summed E-state index contributed by atoms with van der Waals surface area (Å²) in [7, 11) is 0. The van der Waals surface area contributed by atoms with Gasteiger partial charge < -0.3 is 10.6 Å². The zero-order valence-corrected chi connectivity index (χ0v) is 9.40. The van der Waals surface area contributed by atoms with Gasteiger partial charge in [0, 0.05) is 30.3 Å². The van der Waals surface area contributed by atoms with Crippen LogP contribution in [0.4, 0.5) is 0 Å². The Bertz CT molecular complexity index is 222. The quantitative estimate of drug-likeness (QED) is 0.728. The highest BCUT2D eigenvalue weighted by molar-refractivity contribution is 8.00. The average molecular weight is 214 g/mol. The summed E-state index contributed by atoms with van der Waals surface area (Å²) in [6.45, 7) is 3.23. The molecular formula is C10H18N2OS. The summed E-state index contributed by atoms with van der Waals surface area (Å²) in [5.41, 5.74) is 0. The van der Waals surface area contributed by atoms with Crippen molar-refractivity contribution in [3.63, 3.8) is 0 Å². The van der Waals surface area contributed by atoms with Gasteiger partial charge in [0.2, 0.25) is 5.91 Å². The van der Waals surface area contributed by atoms with Crippen LogP contribution in [0.1, 0.15) is 26.2 Å². The van der Waals surface area contributed by atoms with Crippen LogP contribution in [0, 0.1) is 0 Å². The third-order valence-corrected chi connectivity index (χ3v) is 4.41. The summed E-state index contributed by atoms with van der Waals surface area (Å²) in [5.74, 6) is 1.49. The van der Waals surface area contributed by atoms with Crippen molar-refractivity contribution >= 4 is 17.7 Å². The second kappa shape index (κ2) is 4.53. The van der Waals surface area contributed by atoms with Gasteiger partial charge in [0.25, 0.3) is 0 Å². The molecule has 0 saturated carbocycles. The van der Waals surface area contributed by atoms with Gasteiger partial charge in [-0.2, -0.15) is 11.8 Å². The Labute approximate surface area is 89.4 Å². The van der Waals surface area contributed by atoms with Crippen LogP contribution in [0.5, 0.6) is 0 Å². The Kier molecular flexibility index (Phi) is 3.34. The fraction of sp³-hybridized carbons (Fsp3) is 0.900. The van der Waals surface area contributed by atoms with Crippen molar-refractivity contribution in [3.05, 3.63) is 0 Å². The zero-order valence-electron chi connectivity index (χ0n) is 8.58. The van der Waals surface area contributed by atoms with Crippen molar-refractivity contribution in [1.29, 1.82) is 0 Å².